The van der Waals surface area contributed by atoms with Crippen molar-refractivity contribution in [1.29, 1.82) is 0 Å². The molecular weight excluding hydrogens is 260 g/mol. The molecule has 0 fully saturated rings. The first-order chi connectivity index (χ1) is 10.3. The van der Waals surface area contributed by atoms with Crippen molar-refractivity contribution in [3.8, 4) is 5.69 Å². The summed E-state index contributed by atoms with van der Waals surface area (Å²) in [4.78, 5) is 4.66. The van der Waals surface area contributed by atoms with E-state index in [4.69, 9.17) is 0 Å². The Bertz CT molecular complexity index is 745. The Kier molecular flexibility index (Phi) is 3.97. The van der Waals surface area contributed by atoms with E-state index in [1.165, 1.54) is 0 Å². The van der Waals surface area contributed by atoms with Crippen LogP contribution in [-0.2, 0) is 6.54 Å². The highest BCUT2D eigenvalue weighted by Crippen LogP contribution is 2.20. The number of fused-ring (bicyclic) bond motifs is 1. The van der Waals surface area contributed by atoms with Gasteiger partial charge < -0.3 is 5.32 Å². The summed E-state index contributed by atoms with van der Waals surface area (Å²) in [6.07, 6.45) is 3.13. The van der Waals surface area contributed by atoms with Crippen LogP contribution in [0.1, 0.15) is 24.7 Å². The molecule has 0 aliphatic carbocycles. The predicted octanol–water partition coefficient (Wildman–Crippen LogP) is 3.23. The molecular formula is C17H20N4. The molecule has 3 rings (SSSR count). The number of benzene rings is 1. The van der Waals surface area contributed by atoms with Crippen molar-refractivity contribution < 1.29 is 0 Å². The van der Waals surface area contributed by atoms with Crippen molar-refractivity contribution >= 4 is 10.9 Å². The van der Waals surface area contributed by atoms with Crippen LogP contribution in [0.2, 0.25) is 0 Å². The van der Waals surface area contributed by atoms with Crippen molar-refractivity contribution in [3.63, 3.8) is 0 Å². The fourth-order valence-corrected chi connectivity index (χ4v) is 2.40. The number of hydrogen-bond donors (Lipinski definition) is 1. The Balaban J connectivity index is 1.95. The van der Waals surface area contributed by atoms with Crippen LogP contribution in [0.25, 0.3) is 16.6 Å². The summed E-state index contributed by atoms with van der Waals surface area (Å²) in [5.41, 5.74) is 4.09. The maximum atomic E-state index is 4.66. The number of aryl methyl sites for hydroxylation is 1. The van der Waals surface area contributed by atoms with Crippen molar-refractivity contribution in [1.82, 2.24) is 20.1 Å². The van der Waals surface area contributed by atoms with E-state index in [1.54, 1.807) is 0 Å². The molecule has 1 N–H and O–H groups in total. The summed E-state index contributed by atoms with van der Waals surface area (Å²) in [5, 5.41) is 9.16. The third-order valence-electron chi connectivity index (χ3n) is 3.46. The van der Waals surface area contributed by atoms with Gasteiger partial charge in [0, 0.05) is 23.8 Å². The molecule has 1 aromatic carbocycles. The molecule has 0 unspecified atom stereocenters. The van der Waals surface area contributed by atoms with Gasteiger partial charge in [0.2, 0.25) is 0 Å². The molecule has 0 saturated carbocycles. The average molecular weight is 280 g/mol. The molecule has 4 heteroatoms. The molecule has 0 radical (unpaired) electrons. The molecule has 0 atom stereocenters. The fraction of sp³-hybridized carbons (Fsp3) is 0.294. The van der Waals surface area contributed by atoms with Crippen LogP contribution in [-0.4, -0.2) is 21.3 Å². The van der Waals surface area contributed by atoms with Crippen LogP contribution in [0.3, 0.4) is 0 Å². The van der Waals surface area contributed by atoms with E-state index < -0.39 is 0 Å². The maximum absolute atomic E-state index is 4.66. The molecule has 0 saturated heterocycles. The number of aromatic nitrogens is 3. The molecule has 2 heterocycles. The molecule has 2 aromatic heterocycles. The number of para-hydroxylation sites is 1. The Hall–Kier alpha value is -2.20. The van der Waals surface area contributed by atoms with E-state index >= 15 is 0 Å². The minimum Gasteiger partial charge on any atom is -0.311 e. The molecule has 21 heavy (non-hydrogen) atoms. The molecule has 4 nitrogen and oxygen atoms in total. The molecule has 0 aliphatic heterocycles. The average Bonchev–Trinajstić information content (AvgIpc) is 2.95. The molecule has 0 aliphatic rings. The topological polar surface area (TPSA) is 42.7 Å². The Morgan fingerprint density at radius 3 is 2.90 bits per heavy atom. The largest absolute Gasteiger partial charge is 0.311 e. The zero-order valence-corrected chi connectivity index (χ0v) is 12.5. The normalized spacial score (nSPS) is 11.1. The third kappa shape index (κ3) is 2.95. The van der Waals surface area contributed by atoms with Crippen molar-refractivity contribution in [2.24, 2.45) is 0 Å². The first kappa shape index (κ1) is 13.8. The van der Waals surface area contributed by atoms with Crippen LogP contribution in [0, 0.1) is 6.92 Å². The minimum atomic E-state index is 0.804. The summed E-state index contributed by atoms with van der Waals surface area (Å²) in [5.74, 6) is 0. The van der Waals surface area contributed by atoms with Gasteiger partial charge in [0.05, 0.1) is 16.9 Å². The van der Waals surface area contributed by atoms with Gasteiger partial charge >= 0.3 is 0 Å². The van der Waals surface area contributed by atoms with E-state index in [0.717, 1.165) is 47.5 Å². The van der Waals surface area contributed by atoms with Crippen LogP contribution >= 0.6 is 0 Å². The lowest BCUT2D eigenvalue weighted by molar-refractivity contribution is 0.657. The monoisotopic (exact) mass is 280 g/mol. The Morgan fingerprint density at radius 2 is 2.05 bits per heavy atom. The predicted molar refractivity (Wildman–Crippen MR) is 85.6 cm³/mol. The van der Waals surface area contributed by atoms with E-state index in [9.17, 15) is 0 Å². The van der Waals surface area contributed by atoms with Gasteiger partial charge in [-0.05, 0) is 38.1 Å². The lowest BCUT2D eigenvalue weighted by Gasteiger charge is -2.06. The van der Waals surface area contributed by atoms with Crippen molar-refractivity contribution in [2.45, 2.75) is 26.8 Å². The summed E-state index contributed by atoms with van der Waals surface area (Å²) >= 11 is 0. The second kappa shape index (κ2) is 6.06. The Morgan fingerprint density at radius 1 is 1.14 bits per heavy atom. The number of nitrogens with zero attached hydrogens (tertiary/aromatic N) is 3. The van der Waals surface area contributed by atoms with Gasteiger partial charge in [0.15, 0.2) is 0 Å². The summed E-state index contributed by atoms with van der Waals surface area (Å²) in [6, 6.07) is 12.4. The highest BCUT2D eigenvalue weighted by molar-refractivity contribution is 5.86. The summed E-state index contributed by atoms with van der Waals surface area (Å²) in [6.45, 7) is 6.00. The number of pyridine rings is 1. The first-order valence-corrected chi connectivity index (χ1v) is 7.40. The number of rotatable bonds is 5. The zero-order valence-electron chi connectivity index (χ0n) is 12.5. The molecule has 108 valence electrons. The molecule has 3 aromatic rings. The van der Waals surface area contributed by atoms with Gasteiger partial charge in [-0.25, -0.2) is 4.68 Å². The highest BCUT2D eigenvalue weighted by Gasteiger charge is 2.06. The van der Waals surface area contributed by atoms with Gasteiger partial charge in [0.25, 0.3) is 0 Å². The second-order valence-electron chi connectivity index (χ2n) is 5.23. The molecule has 0 spiro atoms. The summed E-state index contributed by atoms with van der Waals surface area (Å²) in [7, 11) is 0. The van der Waals surface area contributed by atoms with Crippen molar-refractivity contribution in [2.75, 3.05) is 6.54 Å². The SMILES string of the molecule is CCCNCc1ccn(-c2cccc3ccc(C)nc23)n1. The van der Waals surface area contributed by atoms with Gasteiger partial charge in [0.1, 0.15) is 0 Å². The zero-order chi connectivity index (χ0) is 14.7. The maximum Gasteiger partial charge on any atom is 0.0962 e. The lowest BCUT2D eigenvalue weighted by Crippen LogP contribution is -2.14. The quantitative estimate of drug-likeness (QED) is 0.730. The molecule has 0 bridgehead atoms. The Labute approximate surface area is 124 Å². The second-order valence-corrected chi connectivity index (χ2v) is 5.23. The van der Waals surface area contributed by atoms with Crippen molar-refractivity contribution in [3.05, 3.63) is 54.0 Å². The van der Waals surface area contributed by atoms with Gasteiger partial charge in [-0.3, -0.25) is 4.98 Å². The number of nitrogens with one attached hydrogen (secondary N) is 1. The third-order valence-corrected chi connectivity index (χ3v) is 3.46. The minimum absolute atomic E-state index is 0.804. The smallest absolute Gasteiger partial charge is 0.0962 e. The van der Waals surface area contributed by atoms with E-state index in [2.05, 4.69) is 46.6 Å². The standard InChI is InChI=1S/C17H20N4/c1-3-10-18-12-15-9-11-21(20-15)16-6-4-5-14-8-7-13(2)19-17(14)16/h4-9,11,18H,3,10,12H2,1-2H3. The van der Waals surface area contributed by atoms with Crippen LogP contribution < -0.4 is 5.32 Å². The van der Waals surface area contributed by atoms with Gasteiger partial charge in [-0.2, -0.15) is 5.10 Å². The van der Waals surface area contributed by atoms with Gasteiger partial charge in [-0.1, -0.05) is 25.1 Å². The highest BCUT2D eigenvalue weighted by atomic mass is 15.3. The number of hydrogen-bond acceptors (Lipinski definition) is 3. The van der Waals surface area contributed by atoms with Gasteiger partial charge in [-0.15, -0.1) is 0 Å². The van der Waals surface area contributed by atoms with E-state index in [1.807, 2.05) is 29.9 Å². The van der Waals surface area contributed by atoms with Crippen LogP contribution in [0.15, 0.2) is 42.6 Å². The molecule has 0 amide bonds. The van der Waals surface area contributed by atoms with Crippen LogP contribution in [0.5, 0.6) is 0 Å². The van der Waals surface area contributed by atoms with E-state index in [-0.39, 0.29) is 0 Å². The lowest BCUT2D eigenvalue weighted by atomic mass is 10.2. The summed E-state index contributed by atoms with van der Waals surface area (Å²) < 4.78 is 1.91. The van der Waals surface area contributed by atoms with Crippen LogP contribution in [0.4, 0.5) is 0 Å². The fourth-order valence-electron chi connectivity index (χ4n) is 2.40. The first-order valence-electron chi connectivity index (χ1n) is 7.40. The van der Waals surface area contributed by atoms with E-state index in [0.29, 0.717) is 0 Å².